The Kier molecular flexibility index (Phi) is 6.22. The molecule has 0 heterocycles. The lowest BCUT2D eigenvalue weighted by molar-refractivity contribution is -0.147. The molecule has 7 nitrogen and oxygen atoms in total. The van der Waals surface area contributed by atoms with Gasteiger partial charge in [-0.2, -0.15) is 0 Å². The van der Waals surface area contributed by atoms with E-state index in [1.807, 2.05) is 6.07 Å². The number of hydrogen-bond acceptors (Lipinski definition) is 4. The van der Waals surface area contributed by atoms with Crippen LogP contribution in [0.3, 0.4) is 0 Å². The molecule has 2 aromatic rings. The molecule has 1 saturated carbocycles. The van der Waals surface area contributed by atoms with E-state index in [2.05, 4.69) is 5.32 Å². The van der Waals surface area contributed by atoms with Crippen LogP contribution in [0.25, 0.3) is 0 Å². The van der Waals surface area contributed by atoms with Gasteiger partial charge in [-0.05, 0) is 49.2 Å². The summed E-state index contributed by atoms with van der Waals surface area (Å²) in [6.07, 6.45) is 2.67. The van der Waals surface area contributed by atoms with Gasteiger partial charge in [0.05, 0.1) is 22.4 Å². The maximum atomic E-state index is 12.8. The third-order valence-corrected chi connectivity index (χ3v) is 7.12. The molecule has 3 rings (SSSR count). The zero-order valence-electron chi connectivity index (χ0n) is 16.1. The number of carbonyl (C=O) groups is 2. The number of rotatable bonds is 6. The first-order chi connectivity index (χ1) is 13.8. The van der Waals surface area contributed by atoms with Gasteiger partial charge in [0, 0.05) is 12.7 Å². The molecule has 1 fully saturated rings. The molecular formula is C21H24N2O5S. The van der Waals surface area contributed by atoms with Gasteiger partial charge in [0.1, 0.15) is 0 Å². The molecule has 2 atom stereocenters. The lowest BCUT2D eigenvalue weighted by Gasteiger charge is -2.27. The summed E-state index contributed by atoms with van der Waals surface area (Å²) < 4.78 is 26.8. The van der Waals surface area contributed by atoms with Crippen molar-refractivity contribution < 1.29 is 23.1 Å². The Morgan fingerprint density at radius 1 is 0.966 bits per heavy atom. The summed E-state index contributed by atoms with van der Waals surface area (Å²) >= 11 is 0. The molecule has 0 unspecified atom stereocenters. The molecule has 154 valence electrons. The molecule has 1 aliphatic carbocycles. The van der Waals surface area contributed by atoms with Crippen molar-refractivity contribution in [1.82, 2.24) is 0 Å². The molecule has 2 aromatic carbocycles. The Hall–Kier alpha value is -2.87. The second-order valence-corrected chi connectivity index (χ2v) is 9.13. The minimum absolute atomic E-state index is 0.0999. The van der Waals surface area contributed by atoms with E-state index in [0.29, 0.717) is 24.2 Å². The molecule has 0 spiro atoms. The van der Waals surface area contributed by atoms with Crippen LogP contribution in [0.2, 0.25) is 0 Å². The predicted molar refractivity (Wildman–Crippen MR) is 110 cm³/mol. The second-order valence-electron chi connectivity index (χ2n) is 7.16. The SMILES string of the molecule is CN(c1ccccc1)S(=O)(=O)c1ccc(NC(=O)[C@H]2CCCC[C@@H]2C(=O)O)cc1. The Bertz CT molecular complexity index is 974. The van der Waals surface area contributed by atoms with Crippen LogP contribution >= 0.6 is 0 Å². The number of carboxylic acid groups (broad SMARTS) is 1. The average molecular weight is 416 g/mol. The molecule has 0 radical (unpaired) electrons. The monoisotopic (exact) mass is 416 g/mol. The second kappa shape index (κ2) is 8.65. The van der Waals surface area contributed by atoms with Crippen LogP contribution in [-0.2, 0) is 19.6 Å². The van der Waals surface area contributed by atoms with Crippen molar-refractivity contribution in [3.63, 3.8) is 0 Å². The van der Waals surface area contributed by atoms with Gasteiger partial charge in [-0.25, -0.2) is 8.42 Å². The summed E-state index contributed by atoms with van der Waals surface area (Å²) in [5, 5.41) is 12.1. The normalized spacial score (nSPS) is 19.3. The standard InChI is InChI=1S/C21H24N2O5S/c1-23(16-7-3-2-4-8-16)29(27,28)17-13-11-15(12-14-17)22-20(24)18-9-5-6-10-19(18)21(25)26/h2-4,7-8,11-14,18-19H,5-6,9-10H2,1H3,(H,22,24)(H,25,26)/t18-,19-/m0/s1. The topological polar surface area (TPSA) is 104 Å². The fourth-order valence-electron chi connectivity index (χ4n) is 3.62. The molecule has 0 bridgehead atoms. The highest BCUT2D eigenvalue weighted by molar-refractivity contribution is 7.92. The van der Waals surface area contributed by atoms with Crippen molar-refractivity contribution >= 4 is 33.3 Å². The number of hydrogen-bond donors (Lipinski definition) is 2. The first kappa shape index (κ1) is 20.9. The van der Waals surface area contributed by atoms with Crippen molar-refractivity contribution in [3.8, 4) is 0 Å². The van der Waals surface area contributed by atoms with Gasteiger partial charge in [0.15, 0.2) is 0 Å². The van der Waals surface area contributed by atoms with Crippen LogP contribution in [0, 0.1) is 11.8 Å². The summed E-state index contributed by atoms with van der Waals surface area (Å²) in [6.45, 7) is 0. The van der Waals surface area contributed by atoms with E-state index in [1.54, 1.807) is 24.3 Å². The quantitative estimate of drug-likeness (QED) is 0.752. The first-order valence-electron chi connectivity index (χ1n) is 9.48. The van der Waals surface area contributed by atoms with Gasteiger partial charge in [0.2, 0.25) is 5.91 Å². The van der Waals surface area contributed by atoms with Crippen molar-refractivity contribution in [1.29, 1.82) is 0 Å². The largest absolute Gasteiger partial charge is 0.481 e. The van der Waals surface area contributed by atoms with Gasteiger partial charge in [-0.1, -0.05) is 31.0 Å². The number of nitrogens with one attached hydrogen (secondary N) is 1. The molecule has 0 aliphatic heterocycles. The molecule has 29 heavy (non-hydrogen) atoms. The lowest BCUT2D eigenvalue weighted by atomic mass is 9.78. The summed E-state index contributed by atoms with van der Waals surface area (Å²) in [7, 11) is -2.25. The van der Waals surface area contributed by atoms with Crippen LogP contribution in [0.4, 0.5) is 11.4 Å². The van der Waals surface area contributed by atoms with Crippen molar-refractivity contribution in [2.24, 2.45) is 11.8 Å². The average Bonchev–Trinajstić information content (AvgIpc) is 2.74. The number of nitrogens with zero attached hydrogens (tertiary/aromatic N) is 1. The maximum absolute atomic E-state index is 12.8. The Labute approximate surface area is 170 Å². The van der Waals surface area contributed by atoms with Crippen LogP contribution in [0.1, 0.15) is 25.7 Å². The number of aliphatic carboxylic acids is 1. The van der Waals surface area contributed by atoms with Crippen LogP contribution in [0.5, 0.6) is 0 Å². The molecule has 1 amide bonds. The fraction of sp³-hybridized carbons (Fsp3) is 0.333. The molecule has 0 saturated heterocycles. The smallest absolute Gasteiger partial charge is 0.307 e. The maximum Gasteiger partial charge on any atom is 0.307 e. The van der Waals surface area contributed by atoms with Crippen molar-refractivity contribution in [2.45, 2.75) is 30.6 Å². The van der Waals surface area contributed by atoms with Gasteiger partial charge < -0.3 is 10.4 Å². The van der Waals surface area contributed by atoms with E-state index in [0.717, 1.165) is 12.8 Å². The van der Waals surface area contributed by atoms with E-state index in [-0.39, 0.29) is 10.8 Å². The molecular weight excluding hydrogens is 392 g/mol. The summed E-state index contributed by atoms with van der Waals surface area (Å²) in [5.74, 6) is -2.54. The van der Waals surface area contributed by atoms with Crippen molar-refractivity contribution in [3.05, 3.63) is 54.6 Å². The number of sulfonamides is 1. The number of para-hydroxylation sites is 1. The third-order valence-electron chi connectivity index (χ3n) is 5.32. The summed E-state index contributed by atoms with van der Waals surface area (Å²) in [5.41, 5.74) is 0.980. The van der Waals surface area contributed by atoms with Crippen LogP contribution < -0.4 is 9.62 Å². The van der Waals surface area contributed by atoms with E-state index in [1.165, 1.54) is 35.6 Å². The van der Waals surface area contributed by atoms with E-state index < -0.39 is 27.8 Å². The highest BCUT2D eigenvalue weighted by Gasteiger charge is 2.35. The van der Waals surface area contributed by atoms with Gasteiger partial charge in [0.25, 0.3) is 10.0 Å². The first-order valence-corrected chi connectivity index (χ1v) is 10.9. The lowest BCUT2D eigenvalue weighted by Crippen LogP contribution is -2.36. The zero-order valence-corrected chi connectivity index (χ0v) is 16.9. The van der Waals surface area contributed by atoms with Gasteiger partial charge in [-0.15, -0.1) is 0 Å². The van der Waals surface area contributed by atoms with Crippen LogP contribution in [0.15, 0.2) is 59.5 Å². The van der Waals surface area contributed by atoms with E-state index in [9.17, 15) is 23.1 Å². The molecule has 1 aliphatic rings. The summed E-state index contributed by atoms with van der Waals surface area (Å²) in [4.78, 5) is 24.1. The van der Waals surface area contributed by atoms with Crippen molar-refractivity contribution in [2.75, 3.05) is 16.7 Å². The Morgan fingerprint density at radius 3 is 2.14 bits per heavy atom. The van der Waals surface area contributed by atoms with Gasteiger partial charge >= 0.3 is 5.97 Å². The highest BCUT2D eigenvalue weighted by Crippen LogP contribution is 2.31. The minimum atomic E-state index is -3.73. The van der Waals surface area contributed by atoms with Gasteiger partial charge in [-0.3, -0.25) is 13.9 Å². The third kappa shape index (κ3) is 4.59. The van der Waals surface area contributed by atoms with E-state index >= 15 is 0 Å². The molecule has 0 aromatic heterocycles. The predicted octanol–water partition coefficient (Wildman–Crippen LogP) is 3.34. The molecule has 2 N–H and O–H groups in total. The summed E-state index contributed by atoms with van der Waals surface area (Å²) in [6, 6.07) is 14.6. The number of benzene rings is 2. The molecule has 8 heteroatoms. The Balaban J connectivity index is 1.73. The zero-order chi connectivity index (χ0) is 21.0. The number of carboxylic acids is 1. The number of carbonyl (C=O) groups excluding carboxylic acids is 1. The fourth-order valence-corrected chi connectivity index (χ4v) is 4.82. The van der Waals surface area contributed by atoms with E-state index in [4.69, 9.17) is 0 Å². The minimum Gasteiger partial charge on any atom is -0.481 e. The highest BCUT2D eigenvalue weighted by atomic mass is 32.2. The Morgan fingerprint density at radius 2 is 1.55 bits per heavy atom. The number of anilines is 2. The number of amides is 1. The van der Waals surface area contributed by atoms with Crippen LogP contribution in [-0.4, -0.2) is 32.4 Å².